The van der Waals surface area contributed by atoms with Crippen LogP contribution in [-0.4, -0.2) is 50.1 Å². The average molecular weight is 458 g/mol. The first kappa shape index (κ1) is 24.0. The zero-order valence-corrected chi connectivity index (χ0v) is 18.5. The molecule has 1 saturated heterocycles. The van der Waals surface area contributed by atoms with Crippen molar-refractivity contribution in [2.75, 3.05) is 19.6 Å². The number of halogens is 3. The third-order valence-corrected chi connectivity index (χ3v) is 5.37. The molecule has 2 N–H and O–H groups in total. The Balaban J connectivity index is 0.00000160. The molecule has 1 aromatic carbocycles. The number of piperidine rings is 1. The number of aryl methyl sites for hydroxylation is 1. The number of rotatable bonds is 5. The fraction of sp³-hybridized carbons (Fsp3) is 0.474. The summed E-state index contributed by atoms with van der Waals surface area (Å²) in [7, 11) is 1.89. The van der Waals surface area contributed by atoms with Crippen molar-refractivity contribution in [3.05, 3.63) is 41.2 Å². The number of hydrogen-bond acceptors (Lipinski definition) is 5. The van der Waals surface area contributed by atoms with Gasteiger partial charge in [-0.1, -0.05) is 5.21 Å². The van der Waals surface area contributed by atoms with Crippen LogP contribution in [0.4, 0.5) is 4.39 Å². The number of benzene rings is 1. The largest absolute Gasteiger partial charge is 0.350 e. The van der Waals surface area contributed by atoms with Crippen LogP contribution < -0.4 is 10.6 Å². The van der Waals surface area contributed by atoms with Gasteiger partial charge in [0.1, 0.15) is 11.6 Å². The zero-order chi connectivity index (χ0) is 19.7. The monoisotopic (exact) mass is 457 g/mol. The highest BCUT2D eigenvalue weighted by Gasteiger charge is 2.22. The molecule has 1 aliphatic heterocycles. The molecule has 0 aliphatic carbocycles. The van der Waals surface area contributed by atoms with E-state index in [2.05, 4.69) is 25.9 Å². The standard InChI is InChI=1S/C19H24FN7O.2ClH/c1-12-18(24-25-27(12)14-5-8-21-9-6-14)19(28)22-10-7-17-23-15-11-13(20)3-4-16(15)26(17)2;;/h3-4,11,14,21H,5-10H2,1-2H3,(H,22,28);2*1H. The molecule has 164 valence electrons. The van der Waals surface area contributed by atoms with E-state index >= 15 is 0 Å². The van der Waals surface area contributed by atoms with Gasteiger partial charge in [0.15, 0.2) is 5.69 Å². The first-order valence-corrected chi connectivity index (χ1v) is 9.56. The first-order valence-electron chi connectivity index (χ1n) is 9.56. The van der Waals surface area contributed by atoms with Gasteiger partial charge < -0.3 is 15.2 Å². The number of aromatic nitrogens is 5. The fourth-order valence-corrected chi connectivity index (χ4v) is 3.77. The highest BCUT2D eigenvalue weighted by Crippen LogP contribution is 2.20. The molecule has 1 fully saturated rings. The molecular weight excluding hydrogens is 432 g/mol. The highest BCUT2D eigenvalue weighted by atomic mass is 35.5. The van der Waals surface area contributed by atoms with E-state index in [4.69, 9.17) is 0 Å². The van der Waals surface area contributed by atoms with Gasteiger partial charge in [-0.15, -0.1) is 29.9 Å². The molecule has 0 radical (unpaired) electrons. The third-order valence-electron chi connectivity index (χ3n) is 5.37. The number of nitrogens with zero attached hydrogens (tertiary/aromatic N) is 5. The van der Waals surface area contributed by atoms with E-state index in [0.29, 0.717) is 24.2 Å². The maximum Gasteiger partial charge on any atom is 0.273 e. The molecule has 4 rings (SSSR count). The third kappa shape index (κ3) is 4.74. The molecule has 30 heavy (non-hydrogen) atoms. The summed E-state index contributed by atoms with van der Waals surface area (Å²) >= 11 is 0. The number of amides is 1. The van der Waals surface area contributed by atoms with Gasteiger partial charge in [0.2, 0.25) is 0 Å². The Morgan fingerprint density at radius 1 is 1.30 bits per heavy atom. The van der Waals surface area contributed by atoms with Crippen LogP contribution >= 0.6 is 24.8 Å². The van der Waals surface area contributed by atoms with Crippen LogP contribution in [0.1, 0.15) is 40.9 Å². The summed E-state index contributed by atoms with van der Waals surface area (Å²) in [6.45, 7) is 4.20. The minimum Gasteiger partial charge on any atom is -0.350 e. The van der Waals surface area contributed by atoms with Gasteiger partial charge >= 0.3 is 0 Å². The fourth-order valence-electron chi connectivity index (χ4n) is 3.77. The summed E-state index contributed by atoms with van der Waals surface area (Å²) in [4.78, 5) is 17.0. The highest BCUT2D eigenvalue weighted by molar-refractivity contribution is 5.93. The number of imidazole rings is 1. The Morgan fingerprint density at radius 3 is 2.77 bits per heavy atom. The van der Waals surface area contributed by atoms with Crippen molar-refractivity contribution in [1.82, 2.24) is 35.2 Å². The van der Waals surface area contributed by atoms with Crippen molar-refractivity contribution in [2.45, 2.75) is 32.2 Å². The van der Waals surface area contributed by atoms with Gasteiger partial charge in [0.05, 0.1) is 22.8 Å². The van der Waals surface area contributed by atoms with E-state index in [1.54, 1.807) is 6.07 Å². The Morgan fingerprint density at radius 2 is 2.03 bits per heavy atom. The topological polar surface area (TPSA) is 89.7 Å². The van der Waals surface area contributed by atoms with Crippen molar-refractivity contribution >= 4 is 41.8 Å². The number of carbonyl (C=O) groups is 1. The molecule has 8 nitrogen and oxygen atoms in total. The van der Waals surface area contributed by atoms with Crippen LogP contribution in [0.25, 0.3) is 11.0 Å². The Bertz CT molecular complexity index is 1010. The Labute approximate surface area is 186 Å². The molecule has 11 heteroatoms. The first-order chi connectivity index (χ1) is 13.5. The maximum atomic E-state index is 13.4. The molecule has 2 aromatic heterocycles. The van der Waals surface area contributed by atoms with E-state index in [1.807, 2.05) is 23.2 Å². The molecule has 1 aliphatic rings. The molecule has 0 saturated carbocycles. The van der Waals surface area contributed by atoms with Gasteiger partial charge in [0, 0.05) is 26.1 Å². The van der Waals surface area contributed by atoms with E-state index in [-0.39, 0.29) is 42.6 Å². The number of carbonyl (C=O) groups excluding carboxylic acids is 1. The number of fused-ring (bicyclic) bond motifs is 1. The van der Waals surface area contributed by atoms with Crippen molar-refractivity contribution in [3.63, 3.8) is 0 Å². The quantitative estimate of drug-likeness (QED) is 0.613. The minimum absolute atomic E-state index is 0. The van der Waals surface area contributed by atoms with Crippen molar-refractivity contribution in [1.29, 1.82) is 0 Å². The predicted octanol–water partition coefficient (Wildman–Crippen LogP) is 2.35. The van der Waals surface area contributed by atoms with E-state index in [1.165, 1.54) is 12.1 Å². The number of hydrogen-bond donors (Lipinski definition) is 2. The molecular formula is C19H26Cl2FN7O. The lowest BCUT2D eigenvalue weighted by Crippen LogP contribution is -2.30. The van der Waals surface area contributed by atoms with E-state index in [0.717, 1.165) is 43.0 Å². The van der Waals surface area contributed by atoms with E-state index < -0.39 is 0 Å². The lowest BCUT2D eigenvalue weighted by molar-refractivity contribution is 0.0948. The summed E-state index contributed by atoms with van der Waals surface area (Å²) in [6.07, 6.45) is 2.51. The van der Waals surface area contributed by atoms with Gasteiger partial charge in [-0.3, -0.25) is 4.79 Å². The van der Waals surface area contributed by atoms with Crippen molar-refractivity contribution < 1.29 is 9.18 Å². The van der Waals surface area contributed by atoms with Gasteiger partial charge in [-0.25, -0.2) is 14.1 Å². The summed E-state index contributed by atoms with van der Waals surface area (Å²) in [5, 5.41) is 14.5. The van der Waals surface area contributed by atoms with Crippen LogP contribution in [-0.2, 0) is 13.5 Å². The Kier molecular flexibility index (Phi) is 8.17. The van der Waals surface area contributed by atoms with Gasteiger partial charge in [-0.2, -0.15) is 0 Å². The summed E-state index contributed by atoms with van der Waals surface area (Å²) in [5.41, 5.74) is 2.64. The molecule has 0 bridgehead atoms. The molecule has 0 atom stereocenters. The predicted molar refractivity (Wildman–Crippen MR) is 117 cm³/mol. The molecule has 1 amide bonds. The second kappa shape index (κ2) is 10.2. The lowest BCUT2D eigenvalue weighted by atomic mass is 10.1. The van der Waals surface area contributed by atoms with Crippen LogP contribution in [0.15, 0.2) is 18.2 Å². The van der Waals surface area contributed by atoms with Crippen molar-refractivity contribution in [2.24, 2.45) is 7.05 Å². The normalized spacial score (nSPS) is 14.2. The molecule has 3 aromatic rings. The summed E-state index contributed by atoms with van der Waals surface area (Å²) in [6, 6.07) is 4.84. The maximum absolute atomic E-state index is 13.4. The smallest absolute Gasteiger partial charge is 0.273 e. The molecule has 3 heterocycles. The minimum atomic E-state index is -0.308. The molecule has 0 spiro atoms. The average Bonchev–Trinajstić information content (AvgIpc) is 3.22. The Hall–Kier alpha value is -2.23. The second-order valence-corrected chi connectivity index (χ2v) is 7.18. The van der Waals surface area contributed by atoms with Crippen LogP contribution in [0, 0.1) is 12.7 Å². The van der Waals surface area contributed by atoms with Crippen LogP contribution in [0.2, 0.25) is 0 Å². The second-order valence-electron chi connectivity index (χ2n) is 7.18. The SMILES string of the molecule is Cc1c(C(=O)NCCc2nc3cc(F)ccc3n2C)nnn1C1CCNCC1.Cl.Cl. The summed E-state index contributed by atoms with van der Waals surface area (Å²) < 4.78 is 17.2. The number of nitrogens with one attached hydrogen (secondary N) is 2. The summed E-state index contributed by atoms with van der Waals surface area (Å²) in [5.74, 6) is 0.247. The van der Waals surface area contributed by atoms with Gasteiger partial charge in [-0.05, 0) is 45.0 Å². The van der Waals surface area contributed by atoms with E-state index in [9.17, 15) is 9.18 Å². The van der Waals surface area contributed by atoms with Gasteiger partial charge in [0.25, 0.3) is 5.91 Å². The lowest BCUT2D eigenvalue weighted by Gasteiger charge is -2.23. The van der Waals surface area contributed by atoms with Crippen LogP contribution in [0.3, 0.4) is 0 Å². The zero-order valence-electron chi connectivity index (χ0n) is 16.9. The van der Waals surface area contributed by atoms with Crippen LogP contribution in [0.5, 0.6) is 0 Å². The van der Waals surface area contributed by atoms with Crippen molar-refractivity contribution in [3.8, 4) is 0 Å². The molecule has 0 unspecified atom stereocenters.